The number of carbonyl (C=O) groups is 4. The molecular weight excluding hydrogens is 974 g/mol. The number of amides is 3. The van der Waals surface area contributed by atoms with Crippen LogP contribution in [0.25, 0.3) is 0 Å². The van der Waals surface area contributed by atoms with Crippen LogP contribution in [-0.2, 0) is 57.1 Å². The first kappa shape index (κ1) is 60.5. The Balaban J connectivity index is 1.84. The van der Waals surface area contributed by atoms with Gasteiger partial charge in [-0.2, -0.15) is 0 Å². The zero-order chi connectivity index (χ0) is 53.4. The topological polar surface area (TPSA) is 522 Å². The van der Waals surface area contributed by atoms with Crippen molar-refractivity contribution in [3.63, 3.8) is 0 Å². The first-order valence-corrected chi connectivity index (χ1v) is 22.1. The van der Waals surface area contributed by atoms with Crippen molar-refractivity contribution in [3.8, 4) is 0 Å². The zero-order valence-electron chi connectivity index (χ0n) is 38.3. The fraction of sp³-hybridized carbons (Fsp3) is 0.897. The van der Waals surface area contributed by atoms with E-state index in [4.69, 9.17) is 37.9 Å². The van der Waals surface area contributed by atoms with Gasteiger partial charge in [0.25, 0.3) is 5.79 Å². The third kappa shape index (κ3) is 14.0. The second kappa shape index (κ2) is 26.4. The summed E-state index contributed by atoms with van der Waals surface area (Å²) in [5, 5.41) is 187. The molecule has 3 amide bonds. The van der Waals surface area contributed by atoms with Crippen LogP contribution in [0.5, 0.6) is 0 Å². The normalized spacial score (nSPS) is 40.3. The Morgan fingerprint density at radius 1 is 0.577 bits per heavy atom. The largest absolute Gasteiger partial charge is 0.477 e. The molecule has 4 heterocycles. The van der Waals surface area contributed by atoms with Crippen LogP contribution in [0.3, 0.4) is 0 Å². The molecule has 0 aliphatic carbocycles. The molecule has 4 saturated heterocycles. The summed E-state index contributed by atoms with van der Waals surface area (Å²) in [7, 11) is 0. The van der Waals surface area contributed by atoms with E-state index in [1.165, 1.54) is 0 Å². The minimum Gasteiger partial charge on any atom is -0.477 e. The van der Waals surface area contributed by atoms with Gasteiger partial charge in [-0.15, -0.1) is 0 Å². The smallest absolute Gasteiger partial charge is 0.364 e. The van der Waals surface area contributed by atoms with Crippen LogP contribution in [0.15, 0.2) is 0 Å². The molecule has 25 atom stereocenters. The molecule has 20 N–H and O–H groups in total. The van der Waals surface area contributed by atoms with Gasteiger partial charge < -0.3 is 141 Å². The molecule has 0 unspecified atom stereocenters. The molecule has 32 heteroatoms. The van der Waals surface area contributed by atoms with Crippen molar-refractivity contribution >= 4 is 23.7 Å². The summed E-state index contributed by atoms with van der Waals surface area (Å²) < 4.78 is 46.7. The zero-order valence-corrected chi connectivity index (χ0v) is 38.3. The van der Waals surface area contributed by atoms with Gasteiger partial charge in [-0.25, -0.2) is 4.79 Å². The van der Waals surface area contributed by atoms with E-state index in [9.17, 15) is 106 Å². The third-order valence-electron chi connectivity index (χ3n) is 12.1. The Labute approximate surface area is 402 Å². The number of aliphatic hydroxyl groups is 16. The van der Waals surface area contributed by atoms with Gasteiger partial charge >= 0.3 is 5.97 Å². The van der Waals surface area contributed by atoms with Crippen LogP contribution >= 0.6 is 0 Å². The highest BCUT2D eigenvalue weighted by molar-refractivity contribution is 5.77. The molecule has 0 aromatic heterocycles. The summed E-state index contributed by atoms with van der Waals surface area (Å²) in [5.74, 6) is -8.09. The average Bonchev–Trinajstić information content (AvgIpc) is 3.32. The minimum atomic E-state index is -3.33. The van der Waals surface area contributed by atoms with Crippen molar-refractivity contribution in [2.75, 3.05) is 39.6 Å². The predicted octanol–water partition coefficient (Wildman–Crippen LogP) is -12.7. The number of ether oxygens (including phenoxy) is 8. The highest BCUT2D eigenvalue weighted by Gasteiger charge is 2.62. The molecule has 4 rings (SSSR count). The molecule has 4 aliphatic rings. The Morgan fingerprint density at radius 2 is 1.06 bits per heavy atom. The summed E-state index contributed by atoms with van der Waals surface area (Å²) in [6.07, 6.45) is -45.2. The average molecular weight is 1040 g/mol. The van der Waals surface area contributed by atoms with E-state index in [1.54, 1.807) is 0 Å². The lowest BCUT2D eigenvalue weighted by atomic mass is 9.88. The van der Waals surface area contributed by atoms with Crippen molar-refractivity contribution in [2.45, 2.75) is 180 Å². The second-order valence-electron chi connectivity index (χ2n) is 17.3. The van der Waals surface area contributed by atoms with Crippen LogP contribution in [-0.4, -0.2) is 303 Å². The van der Waals surface area contributed by atoms with Crippen molar-refractivity contribution in [1.82, 2.24) is 16.0 Å². The highest BCUT2D eigenvalue weighted by Crippen LogP contribution is 2.40. The fourth-order valence-corrected chi connectivity index (χ4v) is 8.54. The molecule has 4 aliphatic heterocycles. The van der Waals surface area contributed by atoms with E-state index in [1.807, 2.05) is 0 Å². The maximum Gasteiger partial charge on any atom is 0.364 e. The summed E-state index contributed by atoms with van der Waals surface area (Å²) in [6.45, 7) is -3.83. The van der Waals surface area contributed by atoms with Crippen molar-refractivity contribution < 1.29 is 144 Å². The molecule has 0 spiro atoms. The van der Waals surface area contributed by atoms with Gasteiger partial charge in [-0.1, -0.05) is 0 Å². The van der Waals surface area contributed by atoms with Crippen LogP contribution in [0.2, 0.25) is 0 Å². The van der Waals surface area contributed by atoms with E-state index in [0.29, 0.717) is 0 Å². The molecule has 0 aromatic rings. The van der Waals surface area contributed by atoms with Gasteiger partial charge in [-0.05, 0) is 0 Å². The number of hydrogen-bond donors (Lipinski definition) is 20. The lowest BCUT2D eigenvalue weighted by Crippen LogP contribution is -2.72. The Kier molecular flexibility index (Phi) is 22.5. The molecule has 0 bridgehead atoms. The molecule has 0 saturated carbocycles. The maximum absolute atomic E-state index is 13.4. The molecule has 0 aromatic carbocycles. The monoisotopic (exact) mass is 1040 g/mol. The number of hydrogen-bond acceptors (Lipinski definition) is 28. The van der Waals surface area contributed by atoms with E-state index in [0.717, 1.165) is 20.8 Å². The van der Waals surface area contributed by atoms with Gasteiger partial charge in [0.1, 0.15) is 116 Å². The van der Waals surface area contributed by atoms with Crippen LogP contribution in [0.4, 0.5) is 0 Å². The van der Waals surface area contributed by atoms with E-state index >= 15 is 0 Å². The van der Waals surface area contributed by atoms with E-state index in [-0.39, 0.29) is 0 Å². The van der Waals surface area contributed by atoms with Crippen LogP contribution in [0.1, 0.15) is 27.2 Å². The first-order chi connectivity index (χ1) is 33.3. The Hall–Kier alpha value is -3.08. The summed E-state index contributed by atoms with van der Waals surface area (Å²) in [5.41, 5.74) is 0. The number of nitrogens with one attached hydrogen (secondary N) is 3. The lowest BCUT2D eigenvalue weighted by molar-refractivity contribution is -0.399. The maximum atomic E-state index is 13.4. The van der Waals surface area contributed by atoms with Crippen molar-refractivity contribution in [2.24, 2.45) is 0 Å². The fourth-order valence-electron chi connectivity index (χ4n) is 8.54. The lowest BCUT2D eigenvalue weighted by Gasteiger charge is -2.52. The number of carbonyl (C=O) groups excluding carboxylic acids is 3. The summed E-state index contributed by atoms with van der Waals surface area (Å²) >= 11 is 0. The van der Waals surface area contributed by atoms with Gasteiger partial charge in [0.2, 0.25) is 17.7 Å². The number of aliphatic hydroxyl groups excluding tert-OH is 16. The number of carboxylic acid groups (broad SMARTS) is 1. The molecule has 412 valence electrons. The van der Waals surface area contributed by atoms with Crippen LogP contribution < -0.4 is 16.0 Å². The van der Waals surface area contributed by atoms with Gasteiger partial charge in [-0.3, -0.25) is 14.4 Å². The second-order valence-corrected chi connectivity index (χ2v) is 17.3. The molecule has 71 heavy (non-hydrogen) atoms. The van der Waals surface area contributed by atoms with Gasteiger partial charge in [0.15, 0.2) is 18.9 Å². The highest BCUT2D eigenvalue weighted by atomic mass is 16.8. The van der Waals surface area contributed by atoms with Crippen molar-refractivity contribution in [3.05, 3.63) is 0 Å². The van der Waals surface area contributed by atoms with E-state index in [2.05, 4.69) is 16.0 Å². The Bertz CT molecular complexity index is 1730. The third-order valence-corrected chi connectivity index (χ3v) is 12.1. The van der Waals surface area contributed by atoms with Crippen LogP contribution in [0, 0.1) is 0 Å². The quantitative estimate of drug-likeness (QED) is 0.0452. The summed E-state index contributed by atoms with van der Waals surface area (Å²) in [6, 6.07) is -5.35. The Morgan fingerprint density at radius 3 is 1.56 bits per heavy atom. The molecule has 32 nitrogen and oxygen atoms in total. The number of carboxylic acids is 1. The minimum absolute atomic E-state index is 0.852. The molecule has 4 fully saturated rings. The molecule has 0 radical (unpaired) electrons. The summed E-state index contributed by atoms with van der Waals surface area (Å²) in [4.78, 5) is 50.4. The first-order valence-electron chi connectivity index (χ1n) is 22.1. The van der Waals surface area contributed by atoms with Crippen molar-refractivity contribution in [1.29, 1.82) is 0 Å². The number of aliphatic carboxylic acids is 1. The van der Waals surface area contributed by atoms with Gasteiger partial charge in [0, 0.05) is 27.2 Å². The number of rotatable bonds is 23. The van der Waals surface area contributed by atoms with Gasteiger partial charge in [0.05, 0.1) is 51.8 Å². The SMILES string of the molecule is CC(=O)N[C@H]1[C@H](O[C@@H]([C@@H](O)[C@H](O)CO)[C@@H](O)CO)O[C@H](CO)[C@@H](O[C@@H]2O[C@H](CO)[C@H](O[C@@H]3O[C@H](CO)[C@H](O)[C@H](O)[C@H]3NC(C)=O)[C@H](O[C@]3(C(=O)O)C[C@H](O)[C@@H](NC(C)=O)[C@H]([C@H](O)[C@H](O)CO)O3)[C@H]2O)[C@@H]1O. The van der Waals surface area contributed by atoms with E-state index < -0.39 is 222 Å². The molecular formula is C39H67N3O29. The predicted molar refractivity (Wildman–Crippen MR) is 221 cm³/mol. The standard InChI is InChI=1S/C39H67N3O29/c1-11(49)40-21-14(52)4-39(38(62)63,70-33(21)25(57)16(54)6-44)71-34-29(61)37(66-20(10-48)32(34)69-35-22(41-12(2)50)27(59)26(58)18(8-46)64-35)68-31-19(9-47)65-36(23(28(31)60)42-13(3)51)67-30(17(55)7-45)24(56)15(53)5-43/h14-37,43-48,52-61H,4-10H2,1-3H3,(H,40,49)(H,41,50)(H,42,51)(H,62,63)/t14-,15+,16+,17-,18+,19+,20+,21+,22+,23+,24-,25+,26-,27+,28+,29+,30+,31+,32-,33+,34+,35-,36-,37-,39-/m0/s1.